The molecular formula is C20H20N4S. The van der Waals surface area contributed by atoms with Crippen LogP contribution in [-0.2, 0) is 14.1 Å². The minimum Gasteiger partial charge on any atom is -0.358 e. The summed E-state index contributed by atoms with van der Waals surface area (Å²) < 4.78 is 4.16. The maximum absolute atomic E-state index is 4.63. The van der Waals surface area contributed by atoms with Gasteiger partial charge in [0.1, 0.15) is 11.9 Å². The van der Waals surface area contributed by atoms with Crippen LogP contribution in [0.5, 0.6) is 0 Å². The topological polar surface area (TPSA) is 33.5 Å². The van der Waals surface area contributed by atoms with E-state index in [1.165, 1.54) is 0 Å². The SMILES string of the molecule is Cn1c(-c2ccccc2)c(N=Nc2scc[n+]2C)c2ccccc21.[CH3-]. The van der Waals surface area contributed by atoms with Gasteiger partial charge in [-0.1, -0.05) is 48.5 Å². The zero-order chi connectivity index (χ0) is 16.5. The molecule has 0 spiro atoms. The van der Waals surface area contributed by atoms with Crippen molar-refractivity contribution >= 4 is 33.1 Å². The third kappa shape index (κ3) is 2.98. The molecule has 0 bridgehead atoms. The number of para-hydroxylation sites is 1. The smallest absolute Gasteiger partial charge is 0.358 e. The highest BCUT2D eigenvalue weighted by atomic mass is 32.1. The number of hydrogen-bond donors (Lipinski definition) is 0. The van der Waals surface area contributed by atoms with Crippen molar-refractivity contribution in [3.63, 3.8) is 0 Å². The van der Waals surface area contributed by atoms with Crippen molar-refractivity contribution in [1.82, 2.24) is 4.57 Å². The molecule has 0 saturated carbocycles. The Bertz CT molecular complexity index is 1030. The first-order valence-corrected chi connectivity index (χ1v) is 8.61. The van der Waals surface area contributed by atoms with Crippen LogP contribution >= 0.6 is 11.3 Å². The zero-order valence-electron chi connectivity index (χ0n) is 14.5. The number of fused-ring (bicyclic) bond motifs is 1. The minimum absolute atomic E-state index is 0. The standard InChI is InChI=1S/C19H17N4S.CH3/c1-22-12-13-24-19(22)21-20-17-15-10-6-7-11-16(15)23(2)18(17)14-8-4-3-5-9-14;/h3-13H,1-2H3;1H3/q+1;-1. The highest BCUT2D eigenvalue weighted by Gasteiger charge is 2.18. The maximum atomic E-state index is 4.63. The molecule has 2 aromatic heterocycles. The molecule has 0 atom stereocenters. The Hall–Kier alpha value is -2.79. The van der Waals surface area contributed by atoms with E-state index in [0.717, 1.165) is 33.0 Å². The quantitative estimate of drug-likeness (QED) is 0.262. The fourth-order valence-corrected chi connectivity index (χ4v) is 3.60. The molecule has 0 aliphatic heterocycles. The molecular weight excluding hydrogens is 328 g/mol. The van der Waals surface area contributed by atoms with Gasteiger partial charge in [0.05, 0.1) is 23.4 Å². The van der Waals surface area contributed by atoms with Crippen LogP contribution in [0.25, 0.3) is 22.2 Å². The average molecular weight is 348 g/mol. The molecule has 5 heteroatoms. The van der Waals surface area contributed by atoms with E-state index in [-0.39, 0.29) is 7.43 Å². The van der Waals surface area contributed by atoms with Crippen molar-refractivity contribution in [1.29, 1.82) is 0 Å². The molecule has 2 aromatic carbocycles. The number of rotatable bonds is 3. The van der Waals surface area contributed by atoms with Gasteiger partial charge in [-0.3, -0.25) is 0 Å². The molecule has 0 radical (unpaired) electrons. The summed E-state index contributed by atoms with van der Waals surface area (Å²) >= 11 is 1.58. The molecule has 0 aliphatic rings. The number of benzene rings is 2. The Morgan fingerprint density at radius 3 is 2.40 bits per heavy atom. The average Bonchev–Trinajstić information content (AvgIpc) is 3.15. The lowest BCUT2D eigenvalue weighted by atomic mass is 10.1. The minimum atomic E-state index is 0. The van der Waals surface area contributed by atoms with Crippen LogP contribution in [-0.4, -0.2) is 4.57 Å². The first-order valence-electron chi connectivity index (χ1n) is 7.73. The molecule has 4 rings (SSSR count). The van der Waals surface area contributed by atoms with Crippen molar-refractivity contribution in [3.05, 3.63) is 73.6 Å². The number of nitrogens with zero attached hydrogens (tertiary/aromatic N) is 4. The Kier molecular flexibility index (Phi) is 4.76. The lowest BCUT2D eigenvalue weighted by molar-refractivity contribution is -0.654. The Morgan fingerprint density at radius 1 is 0.960 bits per heavy atom. The molecule has 0 fully saturated rings. The second kappa shape index (κ2) is 6.99. The Labute approximate surface area is 151 Å². The molecule has 2 heterocycles. The van der Waals surface area contributed by atoms with Gasteiger partial charge in [-0.25, -0.2) is 4.57 Å². The van der Waals surface area contributed by atoms with Crippen molar-refractivity contribution in [2.45, 2.75) is 0 Å². The zero-order valence-corrected chi connectivity index (χ0v) is 15.4. The van der Waals surface area contributed by atoms with E-state index in [4.69, 9.17) is 0 Å². The number of hydrogen-bond acceptors (Lipinski definition) is 3. The molecule has 0 unspecified atom stereocenters. The molecule has 0 saturated heterocycles. The molecule has 4 aromatic rings. The van der Waals surface area contributed by atoms with Crippen LogP contribution in [0.15, 0.2) is 76.4 Å². The molecule has 126 valence electrons. The normalized spacial score (nSPS) is 11.1. The second-order valence-corrected chi connectivity index (χ2v) is 6.51. The summed E-state index contributed by atoms with van der Waals surface area (Å²) in [5.41, 5.74) is 4.29. The molecule has 0 aliphatic carbocycles. The van der Waals surface area contributed by atoms with Crippen LogP contribution < -0.4 is 4.57 Å². The summed E-state index contributed by atoms with van der Waals surface area (Å²) in [5, 5.41) is 13.1. The third-order valence-electron chi connectivity index (χ3n) is 4.12. The Morgan fingerprint density at radius 2 is 1.68 bits per heavy atom. The number of aryl methyl sites for hydroxylation is 2. The largest absolute Gasteiger partial charge is 0.408 e. The molecule has 0 amide bonds. The molecule has 25 heavy (non-hydrogen) atoms. The first-order chi connectivity index (χ1) is 11.8. The summed E-state index contributed by atoms with van der Waals surface area (Å²) in [6, 6.07) is 18.7. The number of thiazole rings is 1. The second-order valence-electron chi connectivity index (χ2n) is 5.64. The van der Waals surface area contributed by atoms with Gasteiger partial charge in [-0.15, -0.1) is 0 Å². The van der Waals surface area contributed by atoms with E-state index >= 15 is 0 Å². The van der Waals surface area contributed by atoms with Gasteiger partial charge in [0.25, 0.3) is 0 Å². The van der Waals surface area contributed by atoms with E-state index in [2.05, 4.69) is 52.2 Å². The highest BCUT2D eigenvalue weighted by Crippen LogP contribution is 2.40. The fourth-order valence-electron chi connectivity index (χ4n) is 2.92. The summed E-state index contributed by atoms with van der Waals surface area (Å²) in [6.07, 6.45) is 1.99. The van der Waals surface area contributed by atoms with Crippen molar-refractivity contribution in [3.8, 4) is 11.3 Å². The van der Waals surface area contributed by atoms with E-state index in [1.807, 2.05) is 47.5 Å². The summed E-state index contributed by atoms with van der Waals surface area (Å²) in [7, 11) is 4.06. The first kappa shape index (κ1) is 17.0. The van der Waals surface area contributed by atoms with E-state index in [9.17, 15) is 0 Å². The van der Waals surface area contributed by atoms with Crippen LogP contribution in [0.2, 0.25) is 0 Å². The number of aromatic nitrogens is 2. The highest BCUT2D eigenvalue weighted by molar-refractivity contribution is 7.12. The van der Waals surface area contributed by atoms with Crippen LogP contribution in [0.3, 0.4) is 0 Å². The van der Waals surface area contributed by atoms with Crippen molar-refractivity contribution < 1.29 is 4.57 Å². The fraction of sp³-hybridized carbons (Fsp3) is 0.100. The van der Waals surface area contributed by atoms with Gasteiger partial charge in [-0.2, -0.15) is 0 Å². The van der Waals surface area contributed by atoms with E-state index in [1.54, 1.807) is 11.3 Å². The van der Waals surface area contributed by atoms with Gasteiger partial charge in [0, 0.05) is 23.4 Å². The van der Waals surface area contributed by atoms with E-state index < -0.39 is 0 Å². The molecule has 4 nitrogen and oxygen atoms in total. The van der Waals surface area contributed by atoms with Gasteiger partial charge in [-0.05, 0) is 22.5 Å². The van der Waals surface area contributed by atoms with Crippen LogP contribution in [0.4, 0.5) is 10.8 Å². The van der Waals surface area contributed by atoms with Crippen LogP contribution in [0.1, 0.15) is 0 Å². The van der Waals surface area contributed by atoms with Crippen LogP contribution in [0, 0.1) is 7.43 Å². The van der Waals surface area contributed by atoms with Gasteiger partial charge < -0.3 is 12.0 Å². The summed E-state index contributed by atoms with van der Waals surface area (Å²) in [5.74, 6) is 0. The summed E-state index contributed by atoms with van der Waals surface area (Å²) in [4.78, 5) is 0. The van der Waals surface area contributed by atoms with Gasteiger partial charge in [0.2, 0.25) is 0 Å². The Balaban J connectivity index is 0.00000182. The van der Waals surface area contributed by atoms with Gasteiger partial charge >= 0.3 is 5.13 Å². The third-order valence-corrected chi connectivity index (χ3v) is 4.96. The predicted octanol–water partition coefficient (Wildman–Crippen LogP) is 5.60. The lowest BCUT2D eigenvalue weighted by Gasteiger charge is -2.04. The van der Waals surface area contributed by atoms with Gasteiger partial charge in [0.15, 0.2) is 0 Å². The number of azo groups is 1. The lowest BCUT2D eigenvalue weighted by Crippen LogP contribution is -2.23. The summed E-state index contributed by atoms with van der Waals surface area (Å²) in [6.45, 7) is 0. The maximum Gasteiger partial charge on any atom is 0.408 e. The van der Waals surface area contributed by atoms with Crippen molar-refractivity contribution in [2.24, 2.45) is 24.3 Å². The predicted molar refractivity (Wildman–Crippen MR) is 104 cm³/mol. The van der Waals surface area contributed by atoms with Crippen molar-refractivity contribution in [2.75, 3.05) is 0 Å². The molecule has 0 N–H and O–H groups in total. The monoisotopic (exact) mass is 348 g/mol. The van der Waals surface area contributed by atoms with E-state index in [0.29, 0.717) is 0 Å².